The Hall–Kier alpha value is -3.64. The van der Waals surface area contributed by atoms with Gasteiger partial charge in [0, 0.05) is 19.2 Å². The second-order valence-electron chi connectivity index (χ2n) is 7.81. The number of hydrogen-bond acceptors (Lipinski definition) is 4. The van der Waals surface area contributed by atoms with Gasteiger partial charge in [-0.1, -0.05) is 60.7 Å². The highest BCUT2D eigenvalue weighted by Gasteiger charge is 2.33. The average molecular weight is 431 g/mol. The van der Waals surface area contributed by atoms with E-state index in [0.717, 1.165) is 27.8 Å². The molecule has 0 saturated carbocycles. The number of anilines is 1. The predicted molar refractivity (Wildman–Crippen MR) is 123 cm³/mol. The summed E-state index contributed by atoms with van der Waals surface area (Å²) in [6.07, 6.45) is 0.257. The monoisotopic (exact) mass is 430 g/mol. The summed E-state index contributed by atoms with van der Waals surface area (Å²) in [5.41, 5.74) is 5.89. The fraction of sp³-hybridized carbons (Fsp3) is 0.231. The molecule has 0 atom stereocenters. The van der Waals surface area contributed by atoms with Crippen LogP contribution >= 0.6 is 0 Å². The Labute approximate surface area is 187 Å². The van der Waals surface area contributed by atoms with Crippen molar-refractivity contribution in [3.8, 4) is 11.1 Å². The third-order valence-electron chi connectivity index (χ3n) is 5.67. The fourth-order valence-corrected chi connectivity index (χ4v) is 4.06. The van der Waals surface area contributed by atoms with Crippen molar-refractivity contribution in [1.29, 1.82) is 0 Å². The van der Waals surface area contributed by atoms with Gasteiger partial charge in [-0.2, -0.15) is 0 Å². The molecule has 3 aromatic rings. The minimum Gasteiger partial charge on any atom is -0.449 e. The van der Waals surface area contributed by atoms with Crippen LogP contribution in [0.5, 0.6) is 0 Å². The van der Waals surface area contributed by atoms with E-state index in [1.807, 2.05) is 36.4 Å². The lowest BCUT2D eigenvalue weighted by molar-refractivity contribution is -0.116. The number of aliphatic hydroxyl groups excluding tert-OH is 1. The highest BCUT2D eigenvalue weighted by atomic mass is 16.6. The number of rotatable bonds is 7. The molecule has 6 nitrogen and oxygen atoms in total. The van der Waals surface area contributed by atoms with Crippen LogP contribution in [0.3, 0.4) is 0 Å². The van der Waals surface area contributed by atoms with Gasteiger partial charge in [-0.3, -0.25) is 4.79 Å². The van der Waals surface area contributed by atoms with Crippen molar-refractivity contribution in [1.82, 2.24) is 4.90 Å². The van der Waals surface area contributed by atoms with Gasteiger partial charge in [-0.05, 0) is 46.4 Å². The molecule has 2 N–H and O–H groups in total. The summed E-state index contributed by atoms with van der Waals surface area (Å²) in [6, 6.07) is 23.0. The number of carbonyl (C=O) groups excluding carboxylic acids is 2. The largest absolute Gasteiger partial charge is 0.449 e. The number of nitrogens with one attached hydrogen (secondary N) is 1. The van der Waals surface area contributed by atoms with Crippen molar-refractivity contribution in [3.63, 3.8) is 0 Å². The molecule has 164 valence electrons. The van der Waals surface area contributed by atoms with E-state index < -0.39 is 6.09 Å². The Morgan fingerprint density at radius 1 is 0.938 bits per heavy atom. The van der Waals surface area contributed by atoms with Crippen molar-refractivity contribution in [2.75, 3.05) is 19.0 Å². The SMILES string of the molecule is CN(C(=O)OCCCC(=O)Nc1ccc(CO)cc1)C1c2ccccc2-c2ccccc21. The van der Waals surface area contributed by atoms with E-state index >= 15 is 0 Å². The van der Waals surface area contributed by atoms with Crippen LogP contribution < -0.4 is 5.32 Å². The van der Waals surface area contributed by atoms with E-state index in [0.29, 0.717) is 12.1 Å². The number of amides is 2. The zero-order valence-corrected chi connectivity index (χ0v) is 18.0. The first-order chi connectivity index (χ1) is 15.6. The van der Waals surface area contributed by atoms with Crippen molar-refractivity contribution in [2.24, 2.45) is 0 Å². The lowest BCUT2D eigenvalue weighted by atomic mass is 10.0. The number of ether oxygens (including phenoxy) is 1. The molecule has 6 heteroatoms. The molecule has 3 aromatic carbocycles. The third kappa shape index (κ3) is 4.50. The van der Waals surface area contributed by atoms with Gasteiger partial charge in [0.25, 0.3) is 0 Å². The van der Waals surface area contributed by atoms with Crippen LogP contribution in [0.15, 0.2) is 72.8 Å². The first-order valence-corrected chi connectivity index (χ1v) is 10.7. The minimum atomic E-state index is -0.415. The van der Waals surface area contributed by atoms with E-state index in [1.54, 1.807) is 36.2 Å². The highest BCUT2D eigenvalue weighted by Crippen LogP contribution is 2.45. The van der Waals surface area contributed by atoms with Gasteiger partial charge in [-0.15, -0.1) is 0 Å². The van der Waals surface area contributed by atoms with Crippen LogP contribution in [0.25, 0.3) is 11.1 Å². The van der Waals surface area contributed by atoms with Crippen molar-refractivity contribution >= 4 is 17.7 Å². The maximum absolute atomic E-state index is 12.7. The maximum atomic E-state index is 12.7. The number of aliphatic hydroxyl groups is 1. The summed E-state index contributed by atoms with van der Waals surface area (Å²) in [4.78, 5) is 26.5. The van der Waals surface area contributed by atoms with Crippen molar-refractivity contribution in [3.05, 3.63) is 89.5 Å². The zero-order chi connectivity index (χ0) is 22.5. The molecule has 0 bridgehead atoms. The average Bonchev–Trinajstić information content (AvgIpc) is 3.16. The van der Waals surface area contributed by atoms with Crippen LogP contribution in [0.1, 0.15) is 35.6 Å². The molecule has 2 amide bonds. The van der Waals surface area contributed by atoms with Crippen molar-refractivity contribution < 1.29 is 19.4 Å². The van der Waals surface area contributed by atoms with Crippen LogP contribution in [-0.4, -0.2) is 35.7 Å². The first kappa shape index (κ1) is 21.6. The van der Waals surface area contributed by atoms with Gasteiger partial charge < -0.3 is 20.1 Å². The summed E-state index contributed by atoms with van der Waals surface area (Å²) < 4.78 is 5.46. The van der Waals surface area contributed by atoms with Gasteiger partial charge in [0.1, 0.15) is 0 Å². The topological polar surface area (TPSA) is 78.9 Å². The Morgan fingerprint density at radius 3 is 2.12 bits per heavy atom. The number of fused-ring (bicyclic) bond motifs is 3. The predicted octanol–water partition coefficient (Wildman–Crippen LogP) is 4.74. The van der Waals surface area contributed by atoms with Gasteiger partial charge in [0.15, 0.2) is 0 Å². The molecule has 0 unspecified atom stereocenters. The number of carbonyl (C=O) groups is 2. The number of hydrogen-bond donors (Lipinski definition) is 2. The van der Waals surface area contributed by atoms with Gasteiger partial charge >= 0.3 is 6.09 Å². The number of nitrogens with zero attached hydrogens (tertiary/aromatic N) is 1. The number of benzene rings is 3. The molecule has 32 heavy (non-hydrogen) atoms. The van der Waals surface area contributed by atoms with Gasteiger partial charge in [0.05, 0.1) is 19.3 Å². The molecule has 0 saturated heterocycles. The van der Waals surface area contributed by atoms with E-state index in [2.05, 4.69) is 17.4 Å². The summed E-state index contributed by atoms with van der Waals surface area (Å²) in [7, 11) is 1.74. The molecule has 0 aliphatic heterocycles. The molecule has 1 aliphatic carbocycles. The third-order valence-corrected chi connectivity index (χ3v) is 5.67. The second-order valence-corrected chi connectivity index (χ2v) is 7.81. The Morgan fingerprint density at radius 2 is 1.53 bits per heavy atom. The first-order valence-electron chi connectivity index (χ1n) is 10.7. The molecule has 0 spiro atoms. The van der Waals surface area contributed by atoms with Crippen LogP contribution in [0.4, 0.5) is 10.5 Å². The molecule has 0 aromatic heterocycles. The van der Waals surface area contributed by atoms with Crippen LogP contribution in [0.2, 0.25) is 0 Å². The smallest absolute Gasteiger partial charge is 0.410 e. The summed E-state index contributed by atoms with van der Waals surface area (Å²) >= 11 is 0. The second kappa shape index (κ2) is 9.66. The van der Waals surface area contributed by atoms with Crippen LogP contribution in [0, 0.1) is 0 Å². The highest BCUT2D eigenvalue weighted by molar-refractivity contribution is 5.90. The maximum Gasteiger partial charge on any atom is 0.410 e. The summed E-state index contributed by atoms with van der Waals surface area (Å²) in [6.45, 7) is 0.127. The molecular weight excluding hydrogens is 404 g/mol. The molecule has 0 heterocycles. The Kier molecular flexibility index (Phi) is 6.52. The van der Waals surface area contributed by atoms with E-state index in [4.69, 9.17) is 9.84 Å². The normalized spacial score (nSPS) is 12.1. The standard InChI is InChI=1S/C26H26N2O4/c1-28(25-22-9-4-2-7-20(22)21-8-3-5-10-23(21)25)26(31)32-16-6-11-24(30)27-19-14-12-18(17-29)13-15-19/h2-5,7-10,12-15,25,29H,6,11,16-17H2,1H3,(H,27,30). The lowest BCUT2D eigenvalue weighted by Gasteiger charge is -2.26. The Balaban J connectivity index is 1.29. The minimum absolute atomic E-state index is 0.0356. The summed E-state index contributed by atoms with van der Waals surface area (Å²) in [5, 5.41) is 11.9. The van der Waals surface area contributed by atoms with E-state index in [9.17, 15) is 9.59 Å². The lowest BCUT2D eigenvalue weighted by Crippen LogP contribution is -2.31. The molecule has 0 fully saturated rings. The van der Waals surface area contributed by atoms with Gasteiger partial charge in [-0.25, -0.2) is 4.79 Å². The van der Waals surface area contributed by atoms with Crippen LogP contribution in [-0.2, 0) is 16.1 Å². The Bertz CT molecular complexity index is 1070. The molecule has 4 rings (SSSR count). The quantitative estimate of drug-likeness (QED) is 0.531. The fourth-order valence-electron chi connectivity index (χ4n) is 4.06. The molecule has 0 radical (unpaired) electrons. The van der Waals surface area contributed by atoms with E-state index in [1.165, 1.54) is 0 Å². The molecular formula is C26H26N2O4. The van der Waals surface area contributed by atoms with Crippen molar-refractivity contribution in [2.45, 2.75) is 25.5 Å². The molecule has 1 aliphatic rings. The summed E-state index contributed by atoms with van der Waals surface area (Å²) in [5.74, 6) is -0.148. The van der Waals surface area contributed by atoms with Gasteiger partial charge in [0.2, 0.25) is 5.91 Å². The zero-order valence-electron chi connectivity index (χ0n) is 18.0. The van der Waals surface area contributed by atoms with E-state index in [-0.39, 0.29) is 31.6 Å².